The minimum atomic E-state index is 0.182. The van der Waals surface area contributed by atoms with Crippen molar-refractivity contribution < 1.29 is 5.11 Å². The third-order valence-electron chi connectivity index (χ3n) is 3.02. The smallest absolute Gasteiger partial charge is 0.132 e. The molecule has 1 rings (SSSR count). The number of hydrogen-bond acceptors (Lipinski definition) is 5. The lowest BCUT2D eigenvalue weighted by Crippen LogP contribution is -2.27. The molecule has 0 aliphatic carbocycles. The summed E-state index contributed by atoms with van der Waals surface area (Å²) in [6.07, 6.45) is 1.53. The number of aryl methyl sites for hydroxylation is 1. The van der Waals surface area contributed by atoms with Crippen LogP contribution in [0, 0.1) is 5.92 Å². The van der Waals surface area contributed by atoms with E-state index in [-0.39, 0.29) is 12.6 Å². The Kier molecular flexibility index (Phi) is 6.56. The number of anilines is 2. The van der Waals surface area contributed by atoms with Gasteiger partial charge in [-0.25, -0.2) is 9.97 Å². The number of rotatable bonds is 8. The first-order valence-corrected chi connectivity index (χ1v) is 7.09. The fourth-order valence-electron chi connectivity index (χ4n) is 1.90. The zero-order chi connectivity index (χ0) is 14.3. The van der Waals surface area contributed by atoms with E-state index in [0.29, 0.717) is 5.92 Å². The first kappa shape index (κ1) is 15.7. The molecule has 0 saturated heterocycles. The summed E-state index contributed by atoms with van der Waals surface area (Å²) >= 11 is 0. The topological polar surface area (TPSA) is 70.1 Å². The molecule has 0 radical (unpaired) electrons. The van der Waals surface area contributed by atoms with Crippen molar-refractivity contribution in [3.8, 4) is 0 Å². The second kappa shape index (κ2) is 7.94. The summed E-state index contributed by atoms with van der Waals surface area (Å²) in [5.41, 5.74) is 0. The summed E-state index contributed by atoms with van der Waals surface area (Å²) in [5, 5.41) is 15.7. The van der Waals surface area contributed by atoms with Gasteiger partial charge in [-0.1, -0.05) is 20.8 Å². The van der Waals surface area contributed by atoms with Gasteiger partial charge in [0.25, 0.3) is 0 Å². The van der Waals surface area contributed by atoms with Crippen LogP contribution in [0.15, 0.2) is 6.07 Å². The summed E-state index contributed by atoms with van der Waals surface area (Å²) < 4.78 is 0. The van der Waals surface area contributed by atoms with Crippen molar-refractivity contribution in [2.24, 2.45) is 5.92 Å². The van der Waals surface area contributed by atoms with Crippen LogP contribution >= 0.6 is 0 Å². The van der Waals surface area contributed by atoms with Gasteiger partial charge in [0.15, 0.2) is 0 Å². The van der Waals surface area contributed by atoms with Crippen LogP contribution in [0.1, 0.15) is 39.9 Å². The highest BCUT2D eigenvalue weighted by Crippen LogP contribution is 2.16. The quantitative estimate of drug-likeness (QED) is 0.673. The predicted molar refractivity (Wildman–Crippen MR) is 79.5 cm³/mol. The largest absolute Gasteiger partial charge is 0.396 e. The van der Waals surface area contributed by atoms with E-state index in [4.69, 9.17) is 5.11 Å². The van der Waals surface area contributed by atoms with Gasteiger partial charge in [-0.05, 0) is 19.3 Å². The van der Waals surface area contributed by atoms with Crippen LogP contribution in [0.25, 0.3) is 0 Å². The molecule has 5 heteroatoms. The van der Waals surface area contributed by atoms with E-state index in [1.807, 2.05) is 19.9 Å². The third kappa shape index (κ3) is 5.03. The van der Waals surface area contributed by atoms with Crippen molar-refractivity contribution in [1.29, 1.82) is 0 Å². The highest BCUT2D eigenvalue weighted by molar-refractivity contribution is 5.48. The molecule has 19 heavy (non-hydrogen) atoms. The predicted octanol–water partition coefficient (Wildman–Crippen LogP) is 2.29. The minimum absolute atomic E-state index is 0.182. The van der Waals surface area contributed by atoms with Crippen LogP contribution < -0.4 is 10.6 Å². The zero-order valence-electron chi connectivity index (χ0n) is 12.4. The Labute approximate surface area is 115 Å². The molecule has 0 aliphatic heterocycles. The van der Waals surface area contributed by atoms with Gasteiger partial charge < -0.3 is 15.7 Å². The molecular weight excluding hydrogens is 240 g/mol. The first-order chi connectivity index (χ1) is 9.10. The zero-order valence-corrected chi connectivity index (χ0v) is 12.4. The van der Waals surface area contributed by atoms with Gasteiger partial charge in [-0.2, -0.15) is 0 Å². The molecule has 1 heterocycles. The van der Waals surface area contributed by atoms with Crippen molar-refractivity contribution in [2.75, 3.05) is 23.8 Å². The molecule has 0 saturated carbocycles. The van der Waals surface area contributed by atoms with Crippen LogP contribution in [0.5, 0.6) is 0 Å². The lowest BCUT2D eigenvalue weighted by molar-refractivity contribution is 0.267. The van der Waals surface area contributed by atoms with Gasteiger partial charge in [0.1, 0.15) is 17.5 Å². The van der Waals surface area contributed by atoms with E-state index < -0.39 is 0 Å². The van der Waals surface area contributed by atoms with Gasteiger partial charge in [0.05, 0.1) is 0 Å². The van der Waals surface area contributed by atoms with Gasteiger partial charge in [-0.15, -0.1) is 0 Å². The Bertz CT molecular complexity index is 382. The molecule has 1 aromatic heterocycles. The van der Waals surface area contributed by atoms with Crippen molar-refractivity contribution in [1.82, 2.24) is 9.97 Å². The van der Waals surface area contributed by atoms with Crippen molar-refractivity contribution in [2.45, 2.75) is 46.6 Å². The molecular formula is C14H26N4O. The van der Waals surface area contributed by atoms with E-state index in [2.05, 4.69) is 34.4 Å². The third-order valence-corrected chi connectivity index (χ3v) is 3.02. The Morgan fingerprint density at radius 1 is 1.21 bits per heavy atom. The van der Waals surface area contributed by atoms with Gasteiger partial charge in [0, 0.05) is 31.7 Å². The lowest BCUT2D eigenvalue weighted by Gasteiger charge is -2.22. The Morgan fingerprint density at radius 3 is 2.42 bits per heavy atom. The highest BCUT2D eigenvalue weighted by Gasteiger charge is 2.14. The standard InChI is InChI=1S/C14H26N4O/c1-5-12-17-13(15-6-2)9-14(18-12)16-11(7-8-19)10(3)4/h9-11,19H,5-8H2,1-4H3,(H2,15,16,17,18). The molecule has 0 bridgehead atoms. The molecule has 0 fully saturated rings. The number of hydrogen-bond donors (Lipinski definition) is 3. The van der Waals surface area contributed by atoms with E-state index in [0.717, 1.165) is 36.8 Å². The molecule has 0 amide bonds. The molecule has 0 aromatic carbocycles. The molecule has 1 aromatic rings. The van der Waals surface area contributed by atoms with Crippen LogP contribution in [0.3, 0.4) is 0 Å². The maximum Gasteiger partial charge on any atom is 0.132 e. The molecule has 0 spiro atoms. The Morgan fingerprint density at radius 2 is 1.89 bits per heavy atom. The number of aliphatic hydroxyl groups is 1. The number of aliphatic hydroxyl groups excluding tert-OH is 1. The average Bonchev–Trinajstić information content (AvgIpc) is 2.38. The van der Waals surface area contributed by atoms with Crippen LogP contribution in [0.4, 0.5) is 11.6 Å². The summed E-state index contributed by atoms with van der Waals surface area (Å²) in [7, 11) is 0. The van der Waals surface area contributed by atoms with Gasteiger partial charge >= 0.3 is 0 Å². The van der Waals surface area contributed by atoms with Crippen LogP contribution in [-0.4, -0.2) is 34.3 Å². The van der Waals surface area contributed by atoms with Crippen molar-refractivity contribution >= 4 is 11.6 Å². The Hall–Kier alpha value is -1.36. The van der Waals surface area contributed by atoms with Crippen LogP contribution in [-0.2, 0) is 6.42 Å². The molecule has 1 atom stereocenters. The Balaban J connectivity index is 2.88. The van der Waals surface area contributed by atoms with E-state index in [1.54, 1.807) is 0 Å². The summed E-state index contributed by atoms with van der Waals surface area (Å²) in [6, 6.07) is 2.15. The van der Waals surface area contributed by atoms with Gasteiger partial charge in [0.2, 0.25) is 0 Å². The van der Waals surface area contributed by atoms with Gasteiger partial charge in [-0.3, -0.25) is 0 Å². The highest BCUT2D eigenvalue weighted by atomic mass is 16.3. The normalized spacial score (nSPS) is 12.5. The fourth-order valence-corrected chi connectivity index (χ4v) is 1.90. The van der Waals surface area contributed by atoms with Crippen LogP contribution in [0.2, 0.25) is 0 Å². The maximum atomic E-state index is 9.12. The van der Waals surface area contributed by atoms with E-state index >= 15 is 0 Å². The first-order valence-electron chi connectivity index (χ1n) is 7.09. The molecule has 3 N–H and O–H groups in total. The summed E-state index contributed by atoms with van der Waals surface area (Å²) in [5.74, 6) is 2.94. The summed E-state index contributed by atoms with van der Waals surface area (Å²) in [6.45, 7) is 9.39. The van der Waals surface area contributed by atoms with E-state index in [9.17, 15) is 0 Å². The lowest BCUT2D eigenvalue weighted by atomic mass is 10.0. The number of nitrogens with one attached hydrogen (secondary N) is 2. The monoisotopic (exact) mass is 266 g/mol. The SMILES string of the molecule is CCNc1cc(NC(CCO)C(C)C)nc(CC)n1. The maximum absolute atomic E-state index is 9.12. The second-order valence-corrected chi connectivity index (χ2v) is 4.95. The van der Waals surface area contributed by atoms with Crippen molar-refractivity contribution in [3.63, 3.8) is 0 Å². The fraction of sp³-hybridized carbons (Fsp3) is 0.714. The summed E-state index contributed by atoms with van der Waals surface area (Å²) in [4.78, 5) is 8.92. The molecule has 1 unspecified atom stereocenters. The molecule has 108 valence electrons. The number of aromatic nitrogens is 2. The molecule has 5 nitrogen and oxygen atoms in total. The second-order valence-electron chi connectivity index (χ2n) is 4.95. The van der Waals surface area contributed by atoms with E-state index in [1.165, 1.54) is 0 Å². The average molecular weight is 266 g/mol. The minimum Gasteiger partial charge on any atom is -0.396 e. The van der Waals surface area contributed by atoms with Crippen molar-refractivity contribution in [3.05, 3.63) is 11.9 Å². The molecule has 0 aliphatic rings. The number of nitrogens with zero attached hydrogens (tertiary/aromatic N) is 2.